The summed E-state index contributed by atoms with van der Waals surface area (Å²) in [5.41, 5.74) is 3.05. The van der Waals surface area contributed by atoms with E-state index in [1.807, 2.05) is 6.07 Å². The molecule has 0 spiro atoms. The van der Waals surface area contributed by atoms with Gasteiger partial charge in [0.2, 0.25) is 0 Å². The van der Waals surface area contributed by atoms with E-state index in [4.69, 9.17) is 11.6 Å². The van der Waals surface area contributed by atoms with Crippen LogP contribution < -0.4 is 4.90 Å². The molecular weight excluding hydrogens is 288 g/mol. The van der Waals surface area contributed by atoms with Crippen LogP contribution in [-0.2, 0) is 6.42 Å². The van der Waals surface area contributed by atoms with Gasteiger partial charge in [0.05, 0.1) is 18.0 Å². The molecule has 2 heterocycles. The molecule has 1 aromatic carbocycles. The number of fused-ring (bicyclic) bond motifs is 1. The molecule has 1 amide bonds. The van der Waals surface area contributed by atoms with Crippen molar-refractivity contribution in [2.45, 2.75) is 19.4 Å². The number of carbonyl (C=O) groups is 1. The smallest absolute Gasteiger partial charge is 0.258 e. The van der Waals surface area contributed by atoms with Crippen LogP contribution in [0.4, 0.5) is 5.69 Å². The Balaban J connectivity index is 1.96. The predicted molar refractivity (Wildman–Crippen MR) is 81.7 cm³/mol. The Kier molecular flexibility index (Phi) is 3.66. The maximum Gasteiger partial charge on any atom is 0.258 e. The second kappa shape index (κ2) is 5.47. The van der Waals surface area contributed by atoms with Crippen LogP contribution in [0.1, 0.15) is 34.5 Å². The van der Waals surface area contributed by atoms with Crippen molar-refractivity contribution in [1.82, 2.24) is 4.98 Å². The molecule has 1 aromatic heterocycles. The maximum atomic E-state index is 12.6. The summed E-state index contributed by atoms with van der Waals surface area (Å²) < 4.78 is 0. The van der Waals surface area contributed by atoms with E-state index in [2.05, 4.69) is 4.98 Å². The summed E-state index contributed by atoms with van der Waals surface area (Å²) in [4.78, 5) is 18.4. The molecule has 0 saturated carbocycles. The third kappa shape index (κ3) is 2.64. The Bertz CT molecular complexity index is 700. The standard InChI is InChI=1S/C16H15ClN2O2/c1-10(20)12-7-14(9-18-8-12)19-5-4-11-6-13(17)2-3-15(11)16(19)21/h2-3,6-10,20H,4-5H2,1H3/t10-/m0/s1. The first-order valence-electron chi connectivity index (χ1n) is 6.79. The van der Waals surface area contributed by atoms with Crippen molar-refractivity contribution < 1.29 is 9.90 Å². The number of nitrogens with zero attached hydrogens (tertiary/aromatic N) is 2. The van der Waals surface area contributed by atoms with Crippen molar-refractivity contribution in [3.05, 3.63) is 58.4 Å². The Morgan fingerprint density at radius 2 is 2.14 bits per heavy atom. The van der Waals surface area contributed by atoms with Crippen LogP contribution in [0.15, 0.2) is 36.7 Å². The predicted octanol–water partition coefficient (Wildman–Crippen LogP) is 2.99. The summed E-state index contributed by atoms with van der Waals surface area (Å²) in [6, 6.07) is 7.14. The molecule has 5 heteroatoms. The minimum absolute atomic E-state index is 0.0579. The van der Waals surface area contributed by atoms with E-state index in [1.54, 1.807) is 42.4 Å². The number of hydrogen-bond acceptors (Lipinski definition) is 3. The number of aliphatic hydroxyl groups excluding tert-OH is 1. The molecule has 0 radical (unpaired) electrons. The quantitative estimate of drug-likeness (QED) is 0.928. The highest BCUT2D eigenvalue weighted by molar-refractivity contribution is 6.30. The molecular formula is C16H15ClN2O2. The van der Waals surface area contributed by atoms with Crippen LogP contribution in [0.3, 0.4) is 0 Å². The number of aromatic nitrogens is 1. The van der Waals surface area contributed by atoms with E-state index in [-0.39, 0.29) is 5.91 Å². The summed E-state index contributed by atoms with van der Waals surface area (Å²) >= 11 is 5.97. The first-order valence-corrected chi connectivity index (χ1v) is 7.17. The van der Waals surface area contributed by atoms with Crippen LogP contribution in [0.5, 0.6) is 0 Å². The Morgan fingerprint density at radius 3 is 2.90 bits per heavy atom. The Labute approximate surface area is 128 Å². The number of halogens is 1. The summed E-state index contributed by atoms with van der Waals surface area (Å²) in [7, 11) is 0. The number of anilines is 1. The fourth-order valence-electron chi connectivity index (χ4n) is 2.52. The van der Waals surface area contributed by atoms with Gasteiger partial charge < -0.3 is 10.0 Å². The van der Waals surface area contributed by atoms with Gasteiger partial charge in [-0.15, -0.1) is 0 Å². The van der Waals surface area contributed by atoms with Gasteiger partial charge in [-0.25, -0.2) is 0 Å². The molecule has 1 aliphatic heterocycles. The number of carbonyl (C=O) groups excluding carboxylic acids is 1. The van der Waals surface area contributed by atoms with Gasteiger partial charge in [-0.1, -0.05) is 11.6 Å². The largest absolute Gasteiger partial charge is 0.389 e. The number of rotatable bonds is 2. The molecule has 1 aliphatic rings. The summed E-state index contributed by atoms with van der Waals surface area (Å²) in [6.07, 6.45) is 3.39. The first kappa shape index (κ1) is 14.0. The van der Waals surface area contributed by atoms with Crippen LogP contribution >= 0.6 is 11.6 Å². The second-order valence-electron chi connectivity index (χ2n) is 5.16. The molecule has 108 valence electrons. The lowest BCUT2D eigenvalue weighted by molar-refractivity contribution is 0.0980. The Hall–Kier alpha value is -1.91. The highest BCUT2D eigenvalue weighted by atomic mass is 35.5. The number of pyridine rings is 1. The van der Waals surface area contributed by atoms with E-state index < -0.39 is 6.10 Å². The van der Waals surface area contributed by atoms with Crippen LogP contribution in [0.25, 0.3) is 0 Å². The van der Waals surface area contributed by atoms with Gasteiger partial charge in [0, 0.05) is 28.9 Å². The van der Waals surface area contributed by atoms with E-state index in [9.17, 15) is 9.90 Å². The zero-order valence-corrected chi connectivity index (χ0v) is 12.3. The average Bonchev–Trinajstić information content (AvgIpc) is 2.47. The molecule has 21 heavy (non-hydrogen) atoms. The van der Waals surface area contributed by atoms with Crippen LogP contribution in [0.2, 0.25) is 5.02 Å². The summed E-state index contributed by atoms with van der Waals surface area (Å²) in [5.74, 6) is -0.0579. The van der Waals surface area contributed by atoms with Gasteiger partial charge in [0.25, 0.3) is 5.91 Å². The highest BCUT2D eigenvalue weighted by Crippen LogP contribution is 2.27. The van der Waals surface area contributed by atoms with Crippen molar-refractivity contribution in [2.24, 2.45) is 0 Å². The van der Waals surface area contributed by atoms with Crippen molar-refractivity contribution >= 4 is 23.2 Å². The fraction of sp³-hybridized carbons (Fsp3) is 0.250. The molecule has 3 rings (SSSR count). The van der Waals surface area contributed by atoms with Gasteiger partial charge in [0.1, 0.15) is 0 Å². The van der Waals surface area contributed by atoms with E-state index in [1.165, 1.54) is 0 Å². The van der Waals surface area contributed by atoms with E-state index >= 15 is 0 Å². The first-order chi connectivity index (χ1) is 10.1. The zero-order valence-electron chi connectivity index (χ0n) is 11.6. The molecule has 0 bridgehead atoms. The van der Waals surface area contributed by atoms with Gasteiger partial charge in [0.15, 0.2) is 0 Å². The highest BCUT2D eigenvalue weighted by Gasteiger charge is 2.26. The normalized spacial score (nSPS) is 15.8. The molecule has 1 N–H and O–H groups in total. The van der Waals surface area contributed by atoms with Gasteiger partial charge in [-0.05, 0) is 43.2 Å². The second-order valence-corrected chi connectivity index (χ2v) is 5.60. The molecule has 0 unspecified atom stereocenters. The van der Waals surface area contributed by atoms with Crippen molar-refractivity contribution in [2.75, 3.05) is 11.4 Å². The van der Waals surface area contributed by atoms with Gasteiger partial charge >= 0.3 is 0 Å². The zero-order chi connectivity index (χ0) is 15.0. The van der Waals surface area contributed by atoms with Crippen LogP contribution in [0, 0.1) is 0 Å². The summed E-state index contributed by atoms with van der Waals surface area (Å²) in [6.45, 7) is 2.26. The minimum atomic E-state index is -0.608. The van der Waals surface area contributed by atoms with Crippen molar-refractivity contribution in [1.29, 1.82) is 0 Å². The van der Waals surface area contributed by atoms with Crippen molar-refractivity contribution in [3.63, 3.8) is 0 Å². The fourth-order valence-corrected chi connectivity index (χ4v) is 2.72. The molecule has 2 aromatic rings. The molecule has 0 aliphatic carbocycles. The molecule has 1 atom stereocenters. The van der Waals surface area contributed by atoms with E-state index in [0.29, 0.717) is 28.4 Å². The van der Waals surface area contributed by atoms with Gasteiger partial charge in [-0.2, -0.15) is 0 Å². The number of amides is 1. The number of hydrogen-bond donors (Lipinski definition) is 1. The number of benzene rings is 1. The lowest BCUT2D eigenvalue weighted by Gasteiger charge is -2.28. The third-order valence-corrected chi connectivity index (χ3v) is 3.92. The van der Waals surface area contributed by atoms with Crippen LogP contribution in [-0.4, -0.2) is 22.5 Å². The minimum Gasteiger partial charge on any atom is -0.389 e. The molecule has 4 nitrogen and oxygen atoms in total. The SMILES string of the molecule is C[C@H](O)c1cncc(N2CCc3cc(Cl)ccc3C2=O)c1. The molecule has 0 saturated heterocycles. The average molecular weight is 303 g/mol. The van der Waals surface area contributed by atoms with E-state index in [0.717, 1.165) is 12.0 Å². The molecule has 0 fully saturated rings. The maximum absolute atomic E-state index is 12.6. The topological polar surface area (TPSA) is 53.4 Å². The Morgan fingerprint density at radius 1 is 1.33 bits per heavy atom. The third-order valence-electron chi connectivity index (χ3n) is 3.69. The van der Waals surface area contributed by atoms with Gasteiger partial charge in [-0.3, -0.25) is 9.78 Å². The monoisotopic (exact) mass is 302 g/mol. The number of aliphatic hydroxyl groups is 1. The van der Waals surface area contributed by atoms with Crippen molar-refractivity contribution in [3.8, 4) is 0 Å². The lowest BCUT2D eigenvalue weighted by atomic mass is 9.98. The summed E-state index contributed by atoms with van der Waals surface area (Å²) in [5, 5.41) is 10.3. The lowest BCUT2D eigenvalue weighted by Crippen LogP contribution is -2.37.